The summed E-state index contributed by atoms with van der Waals surface area (Å²) in [6.45, 7) is 3.90. The Morgan fingerprint density at radius 3 is 2.66 bits per heavy atom. The van der Waals surface area contributed by atoms with E-state index >= 15 is 0 Å². The van der Waals surface area contributed by atoms with Crippen molar-refractivity contribution >= 4 is 27.5 Å². The van der Waals surface area contributed by atoms with Gasteiger partial charge >= 0.3 is 0 Å². The quantitative estimate of drug-likeness (QED) is 0.361. The monoisotopic (exact) mass is 521 g/mol. The molecule has 0 amide bonds. The van der Waals surface area contributed by atoms with E-state index in [2.05, 4.69) is 21.2 Å². The van der Waals surface area contributed by atoms with Gasteiger partial charge < -0.3 is 24.3 Å². The van der Waals surface area contributed by atoms with Gasteiger partial charge in [0.15, 0.2) is 23.0 Å². The van der Waals surface area contributed by atoms with Crippen LogP contribution < -0.4 is 24.3 Å². The maximum atomic E-state index is 14.1. The first-order valence-corrected chi connectivity index (χ1v) is 11.3. The second-order valence-electron chi connectivity index (χ2n) is 7.10. The van der Waals surface area contributed by atoms with Crippen molar-refractivity contribution < 1.29 is 23.3 Å². The van der Waals surface area contributed by atoms with Crippen molar-refractivity contribution in [1.29, 1.82) is 0 Å². The fraction of sp³-hybridized carbons (Fsp3) is 0.250. The van der Waals surface area contributed by atoms with Crippen LogP contribution in [0, 0.1) is 5.82 Å². The van der Waals surface area contributed by atoms with Crippen LogP contribution in [-0.4, -0.2) is 13.4 Å². The number of hydrogen-bond acceptors (Lipinski definition) is 5. The zero-order chi connectivity index (χ0) is 22.5. The number of ether oxygens (including phenoxy) is 4. The van der Waals surface area contributed by atoms with E-state index in [9.17, 15) is 4.39 Å². The summed E-state index contributed by atoms with van der Waals surface area (Å²) >= 11 is 9.71. The summed E-state index contributed by atoms with van der Waals surface area (Å²) in [7, 11) is 0. The zero-order valence-corrected chi connectivity index (χ0v) is 19.8. The Bertz CT molecular complexity index is 1090. The predicted octanol–water partition coefficient (Wildman–Crippen LogP) is 6.24. The van der Waals surface area contributed by atoms with Gasteiger partial charge in [0.25, 0.3) is 0 Å². The summed E-state index contributed by atoms with van der Waals surface area (Å²) < 4.78 is 37.3. The highest BCUT2D eigenvalue weighted by Crippen LogP contribution is 2.35. The number of rotatable bonds is 9. The van der Waals surface area contributed by atoms with E-state index < -0.39 is 5.82 Å². The van der Waals surface area contributed by atoms with Crippen LogP contribution in [0.3, 0.4) is 0 Å². The highest BCUT2D eigenvalue weighted by atomic mass is 79.9. The Labute approximate surface area is 199 Å². The SMILES string of the molecule is CCOc1cc(CNCc2ccc3c(c2)OCO3)c(Br)cc1OCc1c(F)cccc1Cl. The highest BCUT2D eigenvalue weighted by molar-refractivity contribution is 9.10. The minimum atomic E-state index is -0.404. The molecule has 0 radical (unpaired) electrons. The van der Waals surface area contributed by atoms with Gasteiger partial charge in [0, 0.05) is 23.1 Å². The molecule has 3 aromatic rings. The van der Waals surface area contributed by atoms with E-state index in [0.29, 0.717) is 41.8 Å². The molecular weight excluding hydrogens is 501 g/mol. The van der Waals surface area contributed by atoms with Gasteiger partial charge in [0.05, 0.1) is 11.6 Å². The lowest BCUT2D eigenvalue weighted by atomic mass is 10.1. The van der Waals surface area contributed by atoms with Crippen molar-refractivity contribution in [2.24, 2.45) is 0 Å². The van der Waals surface area contributed by atoms with Crippen LogP contribution >= 0.6 is 27.5 Å². The molecule has 168 valence electrons. The van der Waals surface area contributed by atoms with E-state index in [0.717, 1.165) is 27.1 Å². The third-order valence-electron chi connectivity index (χ3n) is 4.93. The molecule has 1 N–H and O–H groups in total. The van der Waals surface area contributed by atoms with Crippen LogP contribution in [0.25, 0.3) is 0 Å². The van der Waals surface area contributed by atoms with E-state index in [1.54, 1.807) is 12.1 Å². The van der Waals surface area contributed by atoms with Crippen LogP contribution in [0.15, 0.2) is 53.0 Å². The Kier molecular flexibility index (Phi) is 7.40. The Morgan fingerprint density at radius 2 is 1.84 bits per heavy atom. The molecule has 8 heteroatoms. The highest BCUT2D eigenvalue weighted by Gasteiger charge is 2.15. The van der Waals surface area contributed by atoms with E-state index in [1.807, 2.05) is 37.3 Å². The summed E-state index contributed by atoms with van der Waals surface area (Å²) in [6.07, 6.45) is 0. The van der Waals surface area contributed by atoms with Crippen molar-refractivity contribution in [1.82, 2.24) is 5.32 Å². The molecule has 32 heavy (non-hydrogen) atoms. The molecule has 0 bridgehead atoms. The third-order valence-corrected chi connectivity index (χ3v) is 6.02. The van der Waals surface area contributed by atoms with Gasteiger partial charge in [-0.25, -0.2) is 4.39 Å². The number of nitrogens with one attached hydrogen (secondary N) is 1. The molecule has 1 heterocycles. The maximum Gasteiger partial charge on any atom is 0.231 e. The van der Waals surface area contributed by atoms with Crippen molar-refractivity contribution in [2.75, 3.05) is 13.4 Å². The maximum absolute atomic E-state index is 14.1. The molecule has 4 rings (SSSR count). The summed E-state index contributed by atoms with van der Waals surface area (Å²) in [5.41, 5.74) is 2.41. The molecular formula is C24H22BrClFNO4. The van der Waals surface area contributed by atoms with Crippen molar-refractivity contribution in [3.05, 3.63) is 80.5 Å². The fourth-order valence-electron chi connectivity index (χ4n) is 3.31. The Hall–Kier alpha value is -2.48. The zero-order valence-electron chi connectivity index (χ0n) is 17.4. The summed E-state index contributed by atoms with van der Waals surface area (Å²) in [4.78, 5) is 0. The van der Waals surface area contributed by atoms with E-state index in [-0.39, 0.29) is 13.4 Å². The number of halogens is 3. The van der Waals surface area contributed by atoms with Gasteiger partial charge in [-0.05, 0) is 54.4 Å². The Morgan fingerprint density at radius 1 is 1.03 bits per heavy atom. The lowest BCUT2D eigenvalue weighted by molar-refractivity contribution is 0.174. The van der Waals surface area contributed by atoms with Gasteiger partial charge in [-0.15, -0.1) is 0 Å². The van der Waals surface area contributed by atoms with Crippen LogP contribution in [0.2, 0.25) is 5.02 Å². The minimum absolute atomic E-state index is 0.000266. The van der Waals surface area contributed by atoms with Gasteiger partial charge in [-0.2, -0.15) is 0 Å². The molecule has 3 aromatic carbocycles. The Balaban J connectivity index is 1.43. The van der Waals surface area contributed by atoms with Crippen molar-refractivity contribution in [3.8, 4) is 23.0 Å². The molecule has 0 aliphatic carbocycles. The van der Waals surface area contributed by atoms with Crippen LogP contribution in [-0.2, 0) is 19.7 Å². The minimum Gasteiger partial charge on any atom is -0.490 e. The van der Waals surface area contributed by atoms with Crippen LogP contribution in [0.5, 0.6) is 23.0 Å². The number of hydrogen-bond donors (Lipinski definition) is 1. The smallest absolute Gasteiger partial charge is 0.231 e. The molecule has 0 atom stereocenters. The van der Waals surface area contributed by atoms with Crippen LogP contribution in [0.4, 0.5) is 4.39 Å². The first kappa shape index (κ1) is 22.7. The van der Waals surface area contributed by atoms with Crippen LogP contribution in [0.1, 0.15) is 23.6 Å². The molecule has 0 aromatic heterocycles. The van der Waals surface area contributed by atoms with Gasteiger partial charge in [0.1, 0.15) is 12.4 Å². The second kappa shape index (κ2) is 10.4. The predicted molar refractivity (Wildman–Crippen MR) is 124 cm³/mol. The lowest BCUT2D eigenvalue weighted by Gasteiger charge is -2.16. The molecule has 0 fully saturated rings. The molecule has 0 spiro atoms. The first-order valence-electron chi connectivity index (χ1n) is 10.1. The fourth-order valence-corrected chi connectivity index (χ4v) is 3.99. The molecule has 1 aliphatic rings. The normalized spacial score (nSPS) is 12.1. The molecule has 0 saturated heterocycles. The summed E-state index contributed by atoms with van der Waals surface area (Å²) in [5.74, 6) is 2.23. The molecule has 0 unspecified atom stereocenters. The van der Waals surface area contributed by atoms with E-state index in [4.69, 9.17) is 30.5 Å². The molecule has 1 aliphatic heterocycles. The molecule has 5 nitrogen and oxygen atoms in total. The second-order valence-corrected chi connectivity index (χ2v) is 8.36. The average molecular weight is 523 g/mol. The summed E-state index contributed by atoms with van der Waals surface area (Å²) in [5, 5.41) is 3.75. The van der Waals surface area contributed by atoms with Crippen molar-refractivity contribution in [3.63, 3.8) is 0 Å². The largest absolute Gasteiger partial charge is 0.490 e. The number of fused-ring (bicyclic) bond motifs is 1. The molecule has 0 saturated carbocycles. The third kappa shape index (κ3) is 5.28. The first-order chi connectivity index (χ1) is 15.5. The van der Waals surface area contributed by atoms with Gasteiger partial charge in [-0.1, -0.05) is 39.7 Å². The summed E-state index contributed by atoms with van der Waals surface area (Å²) in [6, 6.07) is 14.2. The standard InChI is InChI=1S/C24H22BrClFNO4/c1-2-29-23-9-16(12-28-11-15-6-7-21-22(8-15)32-14-31-21)18(25)10-24(23)30-13-17-19(26)4-3-5-20(17)27/h3-10,28H,2,11-14H2,1H3. The topological polar surface area (TPSA) is 49.0 Å². The average Bonchev–Trinajstić information content (AvgIpc) is 3.24. The number of benzene rings is 3. The van der Waals surface area contributed by atoms with Gasteiger partial charge in [0.2, 0.25) is 6.79 Å². The van der Waals surface area contributed by atoms with Gasteiger partial charge in [-0.3, -0.25) is 0 Å². The van der Waals surface area contributed by atoms with Crippen molar-refractivity contribution in [2.45, 2.75) is 26.6 Å². The lowest BCUT2D eigenvalue weighted by Crippen LogP contribution is -2.13. The van der Waals surface area contributed by atoms with E-state index in [1.165, 1.54) is 6.07 Å².